The second-order valence-corrected chi connectivity index (χ2v) is 6.04. The van der Waals surface area contributed by atoms with Crippen LogP contribution >= 0.6 is 0 Å². The summed E-state index contributed by atoms with van der Waals surface area (Å²) >= 11 is 0. The van der Waals surface area contributed by atoms with Crippen LogP contribution in [-0.4, -0.2) is 24.4 Å². The fourth-order valence-electron chi connectivity index (χ4n) is 2.61. The van der Waals surface area contributed by atoms with Crippen LogP contribution in [-0.2, 0) is 17.8 Å². The number of aryl methyl sites for hydroxylation is 1. The molecule has 0 aliphatic carbocycles. The van der Waals surface area contributed by atoms with Gasteiger partial charge in [0.1, 0.15) is 0 Å². The molecule has 2 rings (SSSR count). The highest BCUT2D eigenvalue weighted by Crippen LogP contribution is 2.13. The maximum atomic E-state index is 12.2. The summed E-state index contributed by atoms with van der Waals surface area (Å²) in [5.74, 6) is 0.0514. The van der Waals surface area contributed by atoms with Crippen LogP contribution in [0.25, 0.3) is 0 Å². The molecule has 0 aliphatic rings. The monoisotopic (exact) mass is 310 g/mol. The summed E-state index contributed by atoms with van der Waals surface area (Å²) in [5, 5.41) is 3.07. The van der Waals surface area contributed by atoms with Gasteiger partial charge < -0.3 is 5.32 Å². The molecule has 2 aromatic rings. The zero-order valence-electron chi connectivity index (χ0n) is 14.3. The first kappa shape index (κ1) is 17.2. The molecule has 1 N–H and O–H groups in total. The van der Waals surface area contributed by atoms with E-state index in [0.717, 1.165) is 18.5 Å². The molecule has 0 radical (unpaired) electrons. The van der Waals surface area contributed by atoms with Gasteiger partial charge in [0, 0.05) is 6.54 Å². The van der Waals surface area contributed by atoms with Crippen LogP contribution in [0.5, 0.6) is 0 Å². The largest absolute Gasteiger partial charge is 0.348 e. The highest BCUT2D eigenvalue weighted by atomic mass is 16.2. The molecule has 0 saturated carbocycles. The van der Waals surface area contributed by atoms with Gasteiger partial charge in [0.2, 0.25) is 5.91 Å². The van der Waals surface area contributed by atoms with Crippen LogP contribution in [0.1, 0.15) is 36.6 Å². The Morgan fingerprint density at radius 1 is 1.04 bits per heavy atom. The third-order valence-corrected chi connectivity index (χ3v) is 3.97. The maximum absolute atomic E-state index is 12.2. The molecule has 0 fully saturated rings. The molecule has 3 nitrogen and oxygen atoms in total. The zero-order valence-corrected chi connectivity index (χ0v) is 14.3. The molecule has 0 aromatic heterocycles. The van der Waals surface area contributed by atoms with E-state index in [4.69, 9.17) is 0 Å². The lowest BCUT2D eigenvalue weighted by Crippen LogP contribution is -2.36. The predicted octanol–water partition coefficient (Wildman–Crippen LogP) is 3.56. The number of hydrogen-bond acceptors (Lipinski definition) is 2. The first-order chi connectivity index (χ1) is 11.1. The highest BCUT2D eigenvalue weighted by Gasteiger charge is 2.11. The third-order valence-electron chi connectivity index (χ3n) is 3.97. The Kier molecular flexibility index (Phi) is 6.36. The molecular formula is C20H26N2O. The third kappa shape index (κ3) is 5.53. The average Bonchev–Trinajstić information content (AvgIpc) is 2.55. The summed E-state index contributed by atoms with van der Waals surface area (Å²) in [6.07, 6.45) is 1.03. The second kappa shape index (κ2) is 8.49. The summed E-state index contributed by atoms with van der Waals surface area (Å²) in [5.41, 5.74) is 3.67. The van der Waals surface area contributed by atoms with Crippen LogP contribution in [0, 0.1) is 0 Å². The van der Waals surface area contributed by atoms with Crippen molar-refractivity contribution in [3.8, 4) is 0 Å². The zero-order chi connectivity index (χ0) is 16.7. The molecule has 0 heterocycles. The SMILES string of the molecule is CCc1ccc(C(C)NC(=O)CN(C)Cc2ccccc2)cc1. The second-order valence-electron chi connectivity index (χ2n) is 6.04. The van der Waals surface area contributed by atoms with E-state index in [2.05, 4.69) is 48.6 Å². The Morgan fingerprint density at radius 2 is 1.70 bits per heavy atom. The van der Waals surface area contributed by atoms with Crippen LogP contribution in [0.3, 0.4) is 0 Å². The quantitative estimate of drug-likeness (QED) is 0.848. The van der Waals surface area contributed by atoms with Crippen molar-refractivity contribution in [3.63, 3.8) is 0 Å². The van der Waals surface area contributed by atoms with Crippen LogP contribution < -0.4 is 5.32 Å². The Morgan fingerprint density at radius 3 is 2.30 bits per heavy atom. The summed E-state index contributed by atoms with van der Waals surface area (Å²) in [7, 11) is 1.97. The van der Waals surface area contributed by atoms with E-state index < -0.39 is 0 Å². The first-order valence-corrected chi connectivity index (χ1v) is 8.19. The molecule has 0 saturated heterocycles. The van der Waals surface area contributed by atoms with Crippen molar-refractivity contribution in [1.82, 2.24) is 10.2 Å². The molecule has 1 atom stereocenters. The van der Waals surface area contributed by atoms with E-state index in [-0.39, 0.29) is 11.9 Å². The smallest absolute Gasteiger partial charge is 0.234 e. The van der Waals surface area contributed by atoms with Crippen molar-refractivity contribution in [2.45, 2.75) is 32.9 Å². The van der Waals surface area contributed by atoms with Crippen LogP contribution in [0.15, 0.2) is 54.6 Å². The minimum absolute atomic E-state index is 0.0264. The van der Waals surface area contributed by atoms with E-state index >= 15 is 0 Å². The van der Waals surface area contributed by atoms with Gasteiger partial charge in [0.05, 0.1) is 12.6 Å². The topological polar surface area (TPSA) is 32.3 Å². The van der Waals surface area contributed by atoms with Crippen LogP contribution in [0.2, 0.25) is 0 Å². The number of carbonyl (C=O) groups excluding carboxylic acids is 1. The van der Waals surface area contributed by atoms with Crippen molar-refractivity contribution in [3.05, 3.63) is 71.3 Å². The predicted molar refractivity (Wildman–Crippen MR) is 95.2 cm³/mol. The minimum Gasteiger partial charge on any atom is -0.348 e. The van der Waals surface area contributed by atoms with Gasteiger partial charge in [-0.25, -0.2) is 0 Å². The van der Waals surface area contributed by atoms with Crippen molar-refractivity contribution in [1.29, 1.82) is 0 Å². The maximum Gasteiger partial charge on any atom is 0.234 e. The van der Waals surface area contributed by atoms with Crippen molar-refractivity contribution < 1.29 is 4.79 Å². The van der Waals surface area contributed by atoms with Crippen molar-refractivity contribution in [2.75, 3.05) is 13.6 Å². The normalized spacial score (nSPS) is 12.2. The van der Waals surface area contributed by atoms with E-state index in [0.29, 0.717) is 6.54 Å². The summed E-state index contributed by atoms with van der Waals surface area (Å²) in [4.78, 5) is 14.2. The molecule has 1 unspecified atom stereocenters. The Bertz CT molecular complexity index is 607. The lowest BCUT2D eigenvalue weighted by atomic mass is 10.1. The lowest BCUT2D eigenvalue weighted by molar-refractivity contribution is -0.122. The first-order valence-electron chi connectivity index (χ1n) is 8.19. The molecule has 3 heteroatoms. The number of likely N-dealkylation sites (N-methyl/N-ethyl adjacent to an activating group) is 1. The van der Waals surface area contributed by atoms with E-state index in [9.17, 15) is 4.79 Å². The summed E-state index contributed by atoms with van der Waals surface area (Å²) in [6.45, 7) is 5.33. The Hall–Kier alpha value is -2.13. The van der Waals surface area contributed by atoms with Gasteiger partial charge in [0.15, 0.2) is 0 Å². The van der Waals surface area contributed by atoms with Gasteiger partial charge in [-0.2, -0.15) is 0 Å². The van der Waals surface area contributed by atoms with E-state index in [1.807, 2.05) is 37.1 Å². The Balaban J connectivity index is 1.83. The summed E-state index contributed by atoms with van der Waals surface area (Å²) < 4.78 is 0. The van der Waals surface area contributed by atoms with Gasteiger partial charge >= 0.3 is 0 Å². The van der Waals surface area contributed by atoms with E-state index in [1.165, 1.54) is 11.1 Å². The average molecular weight is 310 g/mol. The van der Waals surface area contributed by atoms with Gasteiger partial charge in [-0.3, -0.25) is 9.69 Å². The van der Waals surface area contributed by atoms with Gasteiger partial charge in [-0.15, -0.1) is 0 Å². The number of rotatable bonds is 7. The molecular weight excluding hydrogens is 284 g/mol. The lowest BCUT2D eigenvalue weighted by Gasteiger charge is -2.19. The molecule has 122 valence electrons. The number of benzene rings is 2. The van der Waals surface area contributed by atoms with Gasteiger partial charge in [-0.1, -0.05) is 61.5 Å². The van der Waals surface area contributed by atoms with Gasteiger partial charge in [0.25, 0.3) is 0 Å². The van der Waals surface area contributed by atoms with Gasteiger partial charge in [-0.05, 0) is 37.1 Å². The van der Waals surface area contributed by atoms with E-state index in [1.54, 1.807) is 0 Å². The molecule has 23 heavy (non-hydrogen) atoms. The van der Waals surface area contributed by atoms with Crippen LogP contribution in [0.4, 0.5) is 0 Å². The number of nitrogens with zero attached hydrogens (tertiary/aromatic N) is 1. The highest BCUT2D eigenvalue weighted by molar-refractivity contribution is 5.78. The summed E-state index contributed by atoms with van der Waals surface area (Å²) in [6, 6.07) is 18.7. The Labute approximate surface area is 139 Å². The molecule has 1 amide bonds. The van der Waals surface area contributed by atoms with Crippen molar-refractivity contribution >= 4 is 5.91 Å². The number of hydrogen-bond donors (Lipinski definition) is 1. The fraction of sp³-hybridized carbons (Fsp3) is 0.350. The van der Waals surface area contributed by atoms with Crippen molar-refractivity contribution in [2.24, 2.45) is 0 Å². The minimum atomic E-state index is 0.0264. The molecule has 0 bridgehead atoms. The standard InChI is InChI=1S/C20H26N2O/c1-4-17-10-12-19(13-11-17)16(2)21-20(23)15-22(3)14-18-8-6-5-7-9-18/h5-13,16H,4,14-15H2,1-3H3,(H,21,23). The number of carbonyl (C=O) groups is 1. The molecule has 2 aromatic carbocycles. The fourth-order valence-corrected chi connectivity index (χ4v) is 2.61. The molecule has 0 aliphatic heterocycles. The number of amides is 1. The molecule has 0 spiro atoms. The number of nitrogens with one attached hydrogen (secondary N) is 1.